The van der Waals surface area contributed by atoms with E-state index in [0.29, 0.717) is 13.0 Å². The second-order valence-electron chi connectivity index (χ2n) is 6.29. The van der Waals surface area contributed by atoms with E-state index in [9.17, 15) is 19.2 Å². The fraction of sp³-hybridized carbons (Fsp3) is 0.765. The quantitative estimate of drug-likeness (QED) is 0.216. The highest BCUT2D eigenvalue weighted by Crippen LogP contribution is 2.30. The maximum Gasteiger partial charge on any atom is 0.303 e. The summed E-state index contributed by atoms with van der Waals surface area (Å²) < 4.78 is 32.2. The summed E-state index contributed by atoms with van der Waals surface area (Å²) in [5.74, 6) is -2.58. The molecule has 158 valence electrons. The van der Waals surface area contributed by atoms with Crippen LogP contribution >= 0.6 is 0 Å². The average molecular weight is 402 g/mol. The van der Waals surface area contributed by atoms with Crippen LogP contribution in [0.4, 0.5) is 0 Å². The van der Waals surface area contributed by atoms with Gasteiger partial charge in [-0.15, -0.1) is 0 Å². The van der Waals surface area contributed by atoms with Crippen molar-refractivity contribution in [2.75, 3.05) is 13.2 Å². The maximum absolute atomic E-state index is 11.6. The second-order valence-corrected chi connectivity index (χ2v) is 6.29. The number of carbonyl (C=O) groups excluding carboxylic acids is 4. The van der Waals surface area contributed by atoms with E-state index in [1.54, 1.807) is 0 Å². The third-order valence-corrected chi connectivity index (χ3v) is 3.73. The summed E-state index contributed by atoms with van der Waals surface area (Å²) in [5.41, 5.74) is 0. The molecule has 1 rings (SSSR count). The molecule has 0 radical (unpaired) electrons. The topological polar surface area (TPSA) is 124 Å². The first-order chi connectivity index (χ1) is 13.1. The van der Waals surface area contributed by atoms with Gasteiger partial charge in [0.2, 0.25) is 0 Å². The van der Waals surface area contributed by atoms with Crippen LogP contribution in [0.1, 0.15) is 34.1 Å². The summed E-state index contributed by atoms with van der Waals surface area (Å²) in [4.78, 5) is 46.0. The molecule has 0 bridgehead atoms. The SMILES string of the molecule is BCCCOC1O[C@H](COC(C)=O)[C@@H](OC(C)=O)[C@H](OC(C)=O)[C@H]1OC(C)=O. The Morgan fingerprint density at radius 2 is 1.36 bits per heavy atom. The molecular weight excluding hydrogens is 375 g/mol. The van der Waals surface area contributed by atoms with Crippen LogP contribution in [0.5, 0.6) is 0 Å². The van der Waals surface area contributed by atoms with Gasteiger partial charge in [-0.25, -0.2) is 0 Å². The van der Waals surface area contributed by atoms with Crippen LogP contribution in [0, 0.1) is 0 Å². The van der Waals surface area contributed by atoms with Crippen LogP contribution in [0.2, 0.25) is 6.32 Å². The van der Waals surface area contributed by atoms with Crippen LogP contribution in [0.3, 0.4) is 0 Å². The average Bonchev–Trinajstić information content (AvgIpc) is 2.57. The first-order valence-corrected chi connectivity index (χ1v) is 9.07. The minimum Gasteiger partial charge on any atom is -0.463 e. The lowest BCUT2D eigenvalue weighted by Gasteiger charge is -2.44. The van der Waals surface area contributed by atoms with Gasteiger partial charge in [0.05, 0.1) is 0 Å². The van der Waals surface area contributed by atoms with Crippen molar-refractivity contribution in [1.29, 1.82) is 0 Å². The van der Waals surface area contributed by atoms with E-state index in [0.717, 1.165) is 6.32 Å². The van der Waals surface area contributed by atoms with Crippen molar-refractivity contribution in [3.63, 3.8) is 0 Å². The zero-order valence-electron chi connectivity index (χ0n) is 16.8. The molecule has 0 aromatic heterocycles. The molecule has 0 aromatic carbocycles. The molecule has 10 nitrogen and oxygen atoms in total. The van der Waals surface area contributed by atoms with E-state index in [4.69, 9.17) is 28.4 Å². The molecule has 1 heterocycles. The summed E-state index contributed by atoms with van der Waals surface area (Å²) in [5, 5.41) is 0. The number of hydrogen-bond acceptors (Lipinski definition) is 10. The normalized spacial score (nSPS) is 26.8. The molecule has 1 unspecified atom stereocenters. The maximum atomic E-state index is 11.6. The first-order valence-electron chi connectivity index (χ1n) is 9.07. The molecule has 1 aliphatic heterocycles. The number of ether oxygens (including phenoxy) is 6. The van der Waals surface area contributed by atoms with E-state index < -0.39 is 54.6 Å². The first kappa shape index (κ1) is 23.9. The Morgan fingerprint density at radius 3 is 1.86 bits per heavy atom. The van der Waals surface area contributed by atoms with Crippen LogP contribution < -0.4 is 0 Å². The summed E-state index contributed by atoms with van der Waals surface area (Å²) in [6.07, 6.45) is -4.07. The summed E-state index contributed by atoms with van der Waals surface area (Å²) in [6, 6.07) is 0. The number of carbonyl (C=O) groups is 4. The van der Waals surface area contributed by atoms with E-state index >= 15 is 0 Å². The number of rotatable bonds is 9. The van der Waals surface area contributed by atoms with Gasteiger partial charge < -0.3 is 28.4 Å². The van der Waals surface area contributed by atoms with E-state index in [1.807, 2.05) is 7.85 Å². The summed E-state index contributed by atoms with van der Waals surface area (Å²) >= 11 is 0. The molecule has 1 fully saturated rings. The van der Waals surface area contributed by atoms with Gasteiger partial charge in [0, 0.05) is 34.3 Å². The van der Waals surface area contributed by atoms with E-state index in [2.05, 4.69) is 0 Å². The zero-order chi connectivity index (χ0) is 21.3. The van der Waals surface area contributed by atoms with Crippen LogP contribution in [0.15, 0.2) is 0 Å². The van der Waals surface area contributed by atoms with Crippen LogP contribution in [-0.4, -0.2) is 75.6 Å². The highest BCUT2D eigenvalue weighted by molar-refractivity contribution is 6.08. The van der Waals surface area contributed by atoms with Crippen molar-refractivity contribution in [3.05, 3.63) is 0 Å². The summed E-state index contributed by atoms with van der Waals surface area (Å²) in [7, 11) is 1.97. The lowest BCUT2D eigenvalue weighted by Crippen LogP contribution is -2.63. The Labute approximate surface area is 164 Å². The fourth-order valence-corrected chi connectivity index (χ4v) is 2.67. The molecule has 0 N–H and O–H groups in total. The number of esters is 4. The Balaban J connectivity index is 3.21. The largest absolute Gasteiger partial charge is 0.463 e. The van der Waals surface area contributed by atoms with Gasteiger partial charge in [-0.05, 0) is 6.42 Å². The monoisotopic (exact) mass is 402 g/mol. The molecule has 0 saturated carbocycles. The minimum absolute atomic E-state index is 0.272. The van der Waals surface area contributed by atoms with Crippen molar-refractivity contribution in [3.8, 4) is 0 Å². The molecule has 28 heavy (non-hydrogen) atoms. The minimum atomic E-state index is -1.20. The van der Waals surface area contributed by atoms with E-state index in [-0.39, 0.29) is 6.61 Å². The van der Waals surface area contributed by atoms with Gasteiger partial charge >= 0.3 is 23.9 Å². The van der Waals surface area contributed by atoms with Crippen molar-refractivity contribution in [2.24, 2.45) is 0 Å². The van der Waals surface area contributed by atoms with Crippen LogP contribution in [-0.2, 0) is 47.6 Å². The van der Waals surface area contributed by atoms with Crippen molar-refractivity contribution in [2.45, 2.75) is 71.1 Å². The van der Waals surface area contributed by atoms with Gasteiger partial charge in [-0.1, -0.05) is 6.32 Å². The number of hydrogen-bond donors (Lipinski definition) is 0. The predicted octanol–water partition coefficient (Wildman–Crippen LogP) is -0.472. The fourth-order valence-electron chi connectivity index (χ4n) is 2.67. The summed E-state index contributed by atoms with van der Waals surface area (Å²) in [6.45, 7) is 4.75. The van der Waals surface area contributed by atoms with E-state index in [1.165, 1.54) is 27.7 Å². The Morgan fingerprint density at radius 1 is 0.821 bits per heavy atom. The lowest BCUT2D eigenvalue weighted by molar-refractivity contribution is -0.308. The van der Waals surface area contributed by atoms with Crippen molar-refractivity contribution < 1.29 is 47.6 Å². The Kier molecular flexibility index (Phi) is 9.95. The highest BCUT2D eigenvalue weighted by atomic mass is 16.7. The van der Waals surface area contributed by atoms with Gasteiger partial charge in [-0.2, -0.15) is 0 Å². The predicted molar refractivity (Wildman–Crippen MR) is 95.9 cm³/mol. The highest BCUT2D eigenvalue weighted by Gasteiger charge is 2.52. The van der Waals surface area contributed by atoms with Crippen molar-refractivity contribution >= 4 is 31.7 Å². The Bertz CT molecular complexity index is 566. The molecule has 5 atom stereocenters. The standard InChI is InChI=1S/C17H27BO10/c1-9(19)24-8-13-14(25-10(2)20)15(26-11(3)21)16(27-12(4)22)17(28-13)23-7-5-6-18/h13-17H,5-8,18H2,1-4H3/t13-,14-,15+,16-,17?/m1/s1. The van der Waals surface area contributed by atoms with Crippen LogP contribution in [0.25, 0.3) is 0 Å². The smallest absolute Gasteiger partial charge is 0.303 e. The molecule has 1 saturated heterocycles. The third-order valence-electron chi connectivity index (χ3n) is 3.73. The van der Waals surface area contributed by atoms with Gasteiger partial charge in [0.1, 0.15) is 20.6 Å². The van der Waals surface area contributed by atoms with Crippen molar-refractivity contribution in [1.82, 2.24) is 0 Å². The third kappa shape index (κ3) is 7.85. The molecule has 0 aromatic rings. The molecule has 1 aliphatic rings. The molecule has 11 heteroatoms. The Hall–Kier alpha value is -2.14. The van der Waals surface area contributed by atoms with Gasteiger partial charge in [0.25, 0.3) is 0 Å². The van der Waals surface area contributed by atoms with Gasteiger partial charge in [-0.3, -0.25) is 19.2 Å². The molecule has 0 aliphatic carbocycles. The molecular formula is C17H27BO10. The zero-order valence-corrected chi connectivity index (χ0v) is 16.8. The molecule has 0 spiro atoms. The molecule has 0 amide bonds. The lowest BCUT2D eigenvalue weighted by atomic mass is 9.98. The van der Waals surface area contributed by atoms with Gasteiger partial charge in [0.15, 0.2) is 24.6 Å². The second kappa shape index (κ2) is 11.7.